The molecule has 2 N–H and O–H groups in total. The van der Waals surface area contributed by atoms with Gasteiger partial charge < -0.3 is 5.32 Å². The molecule has 0 aromatic carbocycles. The molecule has 2 heterocycles. The second-order valence-electron chi connectivity index (χ2n) is 6.77. The number of halogens is 1. The Bertz CT molecular complexity index is 558. The number of nitrogens with one attached hydrogen (secondary N) is 2. The number of sulfonamides is 1. The van der Waals surface area contributed by atoms with Crippen molar-refractivity contribution in [3.05, 3.63) is 17.0 Å². The average molecular weight is 367 g/mol. The summed E-state index contributed by atoms with van der Waals surface area (Å²) in [6.45, 7) is 8.91. The van der Waals surface area contributed by atoms with Crippen molar-refractivity contribution in [1.82, 2.24) is 10.0 Å². The summed E-state index contributed by atoms with van der Waals surface area (Å²) in [6.07, 6.45) is 3.29. The molecule has 0 amide bonds. The van der Waals surface area contributed by atoms with Gasteiger partial charge in [-0.2, -0.15) is 0 Å². The van der Waals surface area contributed by atoms with E-state index in [1.54, 1.807) is 6.07 Å². The fourth-order valence-electron chi connectivity index (χ4n) is 2.51. The lowest BCUT2D eigenvalue weighted by Crippen LogP contribution is -2.33. The first-order valence-corrected chi connectivity index (χ1v) is 9.90. The molecule has 0 spiro atoms. The summed E-state index contributed by atoms with van der Waals surface area (Å²) >= 11 is 1.37. The molecule has 128 valence electrons. The van der Waals surface area contributed by atoms with E-state index >= 15 is 0 Å². The smallest absolute Gasteiger partial charge is 0.250 e. The van der Waals surface area contributed by atoms with Gasteiger partial charge in [0.25, 0.3) is 0 Å². The van der Waals surface area contributed by atoms with Crippen LogP contribution in [0.1, 0.15) is 44.9 Å². The van der Waals surface area contributed by atoms with Crippen molar-refractivity contribution in [3.63, 3.8) is 0 Å². The van der Waals surface area contributed by atoms with Gasteiger partial charge in [-0.05, 0) is 55.8 Å². The number of hydrogen-bond donors (Lipinski definition) is 2. The van der Waals surface area contributed by atoms with Gasteiger partial charge in [0.2, 0.25) is 10.0 Å². The SMILES string of the molecule is CC(C)(C)c1ccc(S(=O)(=O)NCCC2CCCNC2)s1.Cl. The Kier molecular flexibility index (Phi) is 7.33. The number of hydrogen-bond acceptors (Lipinski definition) is 4. The molecule has 22 heavy (non-hydrogen) atoms. The molecule has 7 heteroatoms. The van der Waals surface area contributed by atoms with Gasteiger partial charge in [0.1, 0.15) is 4.21 Å². The third-order valence-corrected chi connectivity index (χ3v) is 7.29. The van der Waals surface area contributed by atoms with Crippen molar-refractivity contribution < 1.29 is 8.42 Å². The summed E-state index contributed by atoms with van der Waals surface area (Å²) in [5, 5.41) is 3.36. The third-order valence-electron chi connectivity index (χ3n) is 3.83. The zero-order valence-corrected chi connectivity index (χ0v) is 16.0. The second kappa shape index (κ2) is 8.11. The number of piperidine rings is 1. The molecule has 1 aromatic rings. The van der Waals surface area contributed by atoms with Crippen molar-refractivity contribution in [2.45, 2.75) is 49.7 Å². The van der Waals surface area contributed by atoms with Crippen LogP contribution >= 0.6 is 23.7 Å². The van der Waals surface area contributed by atoms with Crippen LogP contribution < -0.4 is 10.0 Å². The molecule has 0 bridgehead atoms. The zero-order valence-electron chi connectivity index (χ0n) is 13.5. The van der Waals surface area contributed by atoms with E-state index in [9.17, 15) is 8.42 Å². The largest absolute Gasteiger partial charge is 0.316 e. The predicted molar refractivity (Wildman–Crippen MR) is 95.7 cm³/mol. The van der Waals surface area contributed by atoms with Crippen molar-refractivity contribution in [2.24, 2.45) is 5.92 Å². The van der Waals surface area contributed by atoms with Crippen LogP contribution in [-0.4, -0.2) is 28.1 Å². The van der Waals surface area contributed by atoms with Gasteiger partial charge >= 0.3 is 0 Å². The summed E-state index contributed by atoms with van der Waals surface area (Å²) in [7, 11) is -3.35. The third kappa shape index (κ3) is 5.49. The fourth-order valence-corrected chi connectivity index (χ4v) is 4.96. The molecule has 1 aromatic heterocycles. The van der Waals surface area contributed by atoms with Crippen LogP contribution in [0.2, 0.25) is 0 Å². The quantitative estimate of drug-likeness (QED) is 0.841. The van der Waals surface area contributed by atoms with Gasteiger partial charge in [-0.25, -0.2) is 13.1 Å². The van der Waals surface area contributed by atoms with Gasteiger partial charge in [-0.1, -0.05) is 20.8 Å². The van der Waals surface area contributed by atoms with Crippen LogP contribution in [0.15, 0.2) is 16.3 Å². The highest BCUT2D eigenvalue weighted by molar-refractivity contribution is 7.91. The lowest BCUT2D eigenvalue weighted by Gasteiger charge is -2.22. The van der Waals surface area contributed by atoms with Crippen LogP contribution in [-0.2, 0) is 15.4 Å². The van der Waals surface area contributed by atoms with E-state index in [0.29, 0.717) is 16.7 Å². The van der Waals surface area contributed by atoms with E-state index in [0.717, 1.165) is 24.4 Å². The standard InChI is InChI=1S/C15H26N2O2S2.ClH/c1-15(2,3)13-6-7-14(20-13)21(18,19)17-10-8-12-5-4-9-16-11-12;/h6-7,12,16-17H,4-5,8-11H2,1-3H3;1H. The first-order chi connectivity index (χ1) is 9.79. The Morgan fingerprint density at radius 2 is 2.09 bits per heavy atom. The fraction of sp³-hybridized carbons (Fsp3) is 0.733. The zero-order chi connectivity index (χ0) is 15.5. The van der Waals surface area contributed by atoms with Crippen LogP contribution in [0.3, 0.4) is 0 Å². The maximum Gasteiger partial charge on any atom is 0.250 e. The van der Waals surface area contributed by atoms with Gasteiger partial charge in [0.15, 0.2) is 0 Å². The van der Waals surface area contributed by atoms with Crippen LogP contribution in [0.4, 0.5) is 0 Å². The van der Waals surface area contributed by atoms with Crippen LogP contribution in [0.5, 0.6) is 0 Å². The van der Waals surface area contributed by atoms with Gasteiger partial charge in [0.05, 0.1) is 0 Å². The molecule has 1 atom stereocenters. The van der Waals surface area contributed by atoms with Gasteiger partial charge in [0, 0.05) is 11.4 Å². The molecule has 1 fully saturated rings. The highest BCUT2D eigenvalue weighted by Gasteiger charge is 2.22. The van der Waals surface area contributed by atoms with E-state index in [2.05, 4.69) is 30.8 Å². The number of rotatable bonds is 5. The Hall–Kier alpha value is -0.140. The monoisotopic (exact) mass is 366 g/mol. The minimum absolute atomic E-state index is 0. The highest BCUT2D eigenvalue weighted by atomic mass is 35.5. The molecule has 0 radical (unpaired) electrons. The summed E-state index contributed by atoms with van der Waals surface area (Å²) < 4.78 is 27.8. The minimum atomic E-state index is -3.35. The van der Waals surface area contributed by atoms with Crippen molar-refractivity contribution in [2.75, 3.05) is 19.6 Å². The molecule has 1 unspecified atom stereocenters. The predicted octanol–water partition coefficient (Wildman–Crippen LogP) is 3.14. The Labute approximate surface area is 144 Å². The summed E-state index contributed by atoms with van der Waals surface area (Å²) in [6, 6.07) is 3.64. The maximum absolute atomic E-state index is 12.3. The Morgan fingerprint density at radius 1 is 1.36 bits per heavy atom. The van der Waals surface area contributed by atoms with E-state index in [4.69, 9.17) is 0 Å². The molecule has 0 saturated carbocycles. The molecular formula is C15H27ClN2O2S2. The van der Waals surface area contributed by atoms with E-state index in [1.165, 1.54) is 24.2 Å². The van der Waals surface area contributed by atoms with Gasteiger partial charge in [-0.3, -0.25) is 0 Å². The molecule has 1 saturated heterocycles. The normalized spacial score (nSPS) is 19.7. The van der Waals surface area contributed by atoms with E-state index in [1.807, 2.05) is 6.07 Å². The lowest BCUT2D eigenvalue weighted by molar-refractivity contribution is 0.358. The van der Waals surface area contributed by atoms with E-state index in [-0.39, 0.29) is 17.8 Å². The van der Waals surface area contributed by atoms with Crippen molar-refractivity contribution in [1.29, 1.82) is 0 Å². The molecule has 1 aliphatic rings. The molecular weight excluding hydrogens is 340 g/mol. The highest BCUT2D eigenvalue weighted by Crippen LogP contribution is 2.31. The minimum Gasteiger partial charge on any atom is -0.316 e. The molecule has 0 aliphatic carbocycles. The molecule has 1 aliphatic heterocycles. The summed E-state index contributed by atoms with van der Waals surface area (Å²) in [4.78, 5) is 1.10. The van der Waals surface area contributed by atoms with E-state index < -0.39 is 10.0 Å². The van der Waals surface area contributed by atoms with Crippen molar-refractivity contribution in [3.8, 4) is 0 Å². The first-order valence-electron chi connectivity index (χ1n) is 7.60. The van der Waals surface area contributed by atoms with Crippen LogP contribution in [0, 0.1) is 5.92 Å². The number of thiophene rings is 1. The summed E-state index contributed by atoms with van der Waals surface area (Å²) in [5.41, 5.74) is -0.00773. The Morgan fingerprint density at radius 3 is 2.64 bits per heavy atom. The Balaban J connectivity index is 0.00000242. The molecule has 4 nitrogen and oxygen atoms in total. The van der Waals surface area contributed by atoms with Crippen molar-refractivity contribution >= 4 is 33.8 Å². The lowest BCUT2D eigenvalue weighted by atomic mass is 9.95. The van der Waals surface area contributed by atoms with Gasteiger partial charge in [-0.15, -0.1) is 23.7 Å². The average Bonchev–Trinajstić information content (AvgIpc) is 2.90. The summed E-state index contributed by atoms with van der Waals surface area (Å²) in [5.74, 6) is 0.593. The second-order valence-corrected chi connectivity index (χ2v) is 9.85. The maximum atomic E-state index is 12.3. The first kappa shape index (κ1) is 19.9. The molecule has 2 rings (SSSR count). The topological polar surface area (TPSA) is 58.2 Å². The van der Waals surface area contributed by atoms with Crippen LogP contribution in [0.25, 0.3) is 0 Å².